The fourth-order valence-electron chi connectivity index (χ4n) is 1.84. The molecule has 2 aromatic rings. The van der Waals surface area contributed by atoms with Gasteiger partial charge in [-0.05, 0) is 18.2 Å². The monoisotopic (exact) mass is 328 g/mol. The molecule has 1 N–H and O–H groups in total. The highest BCUT2D eigenvalue weighted by atomic mass is 35.5. The van der Waals surface area contributed by atoms with Crippen molar-refractivity contribution in [1.29, 1.82) is 0 Å². The molecule has 0 radical (unpaired) electrons. The lowest BCUT2D eigenvalue weighted by atomic mass is 10.1. The second kappa shape index (κ2) is 5.38. The summed E-state index contributed by atoms with van der Waals surface area (Å²) in [7, 11) is 2.46. The van der Waals surface area contributed by atoms with E-state index in [1.165, 1.54) is 32.3 Å². The molecule has 0 spiro atoms. The van der Waals surface area contributed by atoms with Crippen molar-refractivity contribution in [1.82, 2.24) is 9.13 Å². The SMILES string of the molecule is Cn1c(O)c(C(=O)c2ccc(Cl)cc2Cl)c(=O)n(C)c1=O. The number of aromatic hydroxyl groups is 1. The fraction of sp³-hybridized carbons (Fsp3) is 0.154. The minimum atomic E-state index is -0.897. The zero-order valence-electron chi connectivity index (χ0n) is 11.1. The molecule has 0 aliphatic carbocycles. The predicted molar refractivity (Wildman–Crippen MR) is 78.5 cm³/mol. The molecule has 0 aliphatic rings. The summed E-state index contributed by atoms with van der Waals surface area (Å²) in [6.45, 7) is 0. The van der Waals surface area contributed by atoms with Crippen LogP contribution in [0.15, 0.2) is 27.8 Å². The van der Waals surface area contributed by atoms with E-state index in [0.717, 1.165) is 9.13 Å². The van der Waals surface area contributed by atoms with Crippen LogP contribution < -0.4 is 11.2 Å². The number of carbonyl (C=O) groups excluding carboxylic acids is 1. The second-order valence-electron chi connectivity index (χ2n) is 4.36. The number of benzene rings is 1. The van der Waals surface area contributed by atoms with Gasteiger partial charge in [0.15, 0.2) is 0 Å². The van der Waals surface area contributed by atoms with Crippen LogP contribution >= 0.6 is 23.2 Å². The number of hydrogen-bond acceptors (Lipinski definition) is 4. The molecular weight excluding hydrogens is 319 g/mol. The molecular formula is C13H10Cl2N2O4. The van der Waals surface area contributed by atoms with Crippen LogP contribution in [0.25, 0.3) is 0 Å². The van der Waals surface area contributed by atoms with Crippen LogP contribution in [0.4, 0.5) is 0 Å². The Bertz CT molecular complexity index is 868. The summed E-state index contributed by atoms with van der Waals surface area (Å²) in [6, 6.07) is 4.13. The maximum Gasteiger partial charge on any atom is 0.333 e. The molecule has 1 aromatic carbocycles. The average molecular weight is 329 g/mol. The molecule has 0 fully saturated rings. The topological polar surface area (TPSA) is 81.3 Å². The van der Waals surface area contributed by atoms with E-state index in [0.29, 0.717) is 5.02 Å². The lowest BCUT2D eigenvalue weighted by Gasteiger charge is -2.10. The Morgan fingerprint density at radius 1 is 1.14 bits per heavy atom. The standard InChI is InChI=1S/C13H10Cl2N2O4/c1-16-11(19)9(12(20)17(2)13(16)21)10(18)7-4-3-6(14)5-8(7)15/h3-5,19H,1-2H3. The summed E-state index contributed by atoms with van der Waals surface area (Å²) in [5.74, 6) is -1.50. The van der Waals surface area contributed by atoms with E-state index in [2.05, 4.69) is 0 Å². The molecule has 0 aliphatic heterocycles. The van der Waals surface area contributed by atoms with Crippen LogP contribution in [0.2, 0.25) is 10.0 Å². The first-order valence-electron chi connectivity index (χ1n) is 5.74. The van der Waals surface area contributed by atoms with E-state index >= 15 is 0 Å². The fourth-order valence-corrected chi connectivity index (χ4v) is 2.33. The van der Waals surface area contributed by atoms with E-state index in [1.54, 1.807) is 0 Å². The Hall–Kier alpha value is -2.05. The van der Waals surface area contributed by atoms with Crippen molar-refractivity contribution < 1.29 is 9.90 Å². The highest BCUT2D eigenvalue weighted by molar-refractivity contribution is 6.37. The molecule has 0 saturated carbocycles. The maximum atomic E-state index is 12.4. The Balaban J connectivity index is 2.76. The van der Waals surface area contributed by atoms with Crippen LogP contribution in [0.1, 0.15) is 15.9 Å². The quantitative estimate of drug-likeness (QED) is 0.843. The number of carbonyl (C=O) groups is 1. The molecule has 0 saturated heterocycles. The van der Waals surface area contributed by atoms with Gasteiger partial charge in [-0.15, -0.1) is 0 Å². The van der Waals surface area contributed by atoms with E-state index in [9.17, 15) is 19.5 Å². The number of aromatic nitrogens is 2. The van der Waals surface area contributed by atoms with E-state index in [-0.39, 0.29) is 10.6 Å². The largest absolute Gasteiger partial charge is 0.494 e. The van der Waals surface area contributed by atoms with Gasteiger partial charge in [0.05, 0.1) is 5.02 Å². The highest BCUT2D eigenvalue weighted by Crippen LogP contribution is 2.24. The van der Waals surface area contributed by atoms with Crippen molar-refractivity contribution in [2.75, 3.05) is 0 Å². The molecule has 0 unspecified atom stereocenters. The van der Waals surface area contributed by atoms with Gasteiger partial charge >= 0.3 is 5.69 Å². The van der Waals surface area contributed by atoms with Crippen molar-refractivity contribution in [3.05, 3.63) is 60.2 Å². The number of halogens is 2. The van der Waals surface area contributed by atoms with Gasteiger partial charge in [-0.1, -0.05) is 23.2 Å². The molecule has 0 atom stereocenters. The summed E-state index contributed by atoms with van der Waals surface area (Å²) in [5.41, 5.74) is -2.15. The van der Waals surface area contributed by atoms with Gasteiger partial charge < -0.3 is 5.11 Å². The lowest BCUT2D eigenvalue weighted by Crippen LogP contribution is -2.40. The number of ketones is 1. The minimum Gasteiger partial charge on any atom is -0.494 e. The van der Waals surface area contributed by atoms with Crippen LogP contribution in [0.5, 0.6) is 5.88 Å². The zero-order chi connectivity index (χ0) is 15.9. The normalized spacial score (nSPS) is 10.7. The van der Waals surface area contributed by atoms with Crippen LogP contribution in [0, 0.1) is 0 Å². The van der Waals surface area contributed by atoms with Crippen LogP contribution in [0.3, 0.4) is 0 Å². The molecule has 2 rings (SSSR count). The molecule has 8 heteroatoms. The predicted octanol–water partition coefficient (Wildman–Crippen LogP) is 1.33. The first kappa shape index (κ1) is 15.3. The lowest BCUT2D eigenvalue weighted by molar-refractivity contribution is 0.103. The van der Waals surface area contributed by atoms with Crippen molar-refractivity contribution in [2.24, 2.45) is 14.1 Å². The van der Waals surface area contributed by atoms with Crippen molar-refractivity contribution in [3.8, 4) is 5.88 Å². The van der Waals surface area contributed by atoms with Crippen molar-refractivity contribution >= 4 is 29.0 Å². The summed E-state index contributed by atoms with van der Waals surface area (Å²) >= 11 is 11.7. The number of rotatable bonds is 2. The third-order valence-corrected chi connectivity index (χ3v) is 3.58. The Morgan fingerprint density at radius 2 is 1.76 bits per heavy atom. The third-order valence-electron chi connectivity index (χ3n) is 3.04. The van der Waals surface area contributed by atoms with Gasteiger partial charge in [0, 0.05) is 24.7 Å². The van der Waals surface area contributed by atoms with E-state index < -0.39 is 28.5 Å². The van der Waals surface area contributed by atoms with E-state index in [4.69, 9.17) is 23.2 Å². The summed E-state index contributed by atoms with van der Waals surface area (Å²) < 4.78 is 1.54. The smallest absolute Gasteiger partial charge is 0.333 e. The van der Waals surface area contributed by atoms with Gasteiger partial charge in [0.1, 0.15) is 5.56 Å². The zero-order valence-corrected chi connectivity index (χ0v) is 12.6. The first-order valence-corrected chi connectivity index (χ1v) is 6.50. The molecule has 21 heavy (non-hydrogen) atoms. The maximum absolute atomic E-state index is 12.4. The molecule has 6 nitrogen and oxygen atoms in total. The Morgan fingerprint density at radius 3 is 2.33 bits per heavy atom. The molecule has 110 valence electrons. The van der Waals surface area contributed by atoms with Gasteiger partial charge in [-0.3, -0.25) is 18.7 Å². The average Bonchev–Trinajstić information content (AvgIpc) is 2.43. The molecule has 1 aromatic heterocycles. The Labute approximate surface area is 128 Å². The molecule has 0 amide bonds. The summed E-state index contributed by atoms with van der Waals surface area (Å²) in [6.07, 6.45) is 0. The first-order chi connectivity index (χ1) is 9.75. The number of nitrogens with zero attached hydrogens (tertiary/aromatic N) is 2. The van der Waals surface area contributed by atoms with Gasteiger partial charge in [0.2, 0.25) is 11.7 Å². The molecule has 0 bridgehead atoms. The second-order valence-corrected chi connectivity index (χ2v) is 5.20. The van der Waals surface area contributed by atoms with Crippen LogP contribution in [-0.4, -0.2) is 20.0 Å². The Kier molecular flexibility index (Phi) is 3.93. The van der Waals surface area contributed by atoms with Gasteiger partial charge in [-0.25, -0.2) is 4.79 Å². The summed E-state index contributed by atoms with van der Waals surface area (Å²) in [5, 5.41) is 10.3. The summed E-state index contributed by atoms with van der Waals surface area (Å²) in [4.78, 5) is 36.1. The van der Waals surface area contributed by atoms with Gasteiger partial charge in [-0.2, -0.15) is 0 Å². The van der Waals surface area contributed by atoms with Crippen molar-refractivity contribution in [2.45, 2.75) is 0 Å². The number of hydrogen-bond donors (Lipinski definition) is 1. The van der Waals surface area contributed by atoms with Crippen LogP contribution in [-0.2, 0) is 14.1 Å². The minimum absolute atomic E-state index is 0.00659. The third kappa shape index (κ3) is 2.48. The van der Waals surface area contributed by atoms with E-state index in [1.807, 2.05) is 0 Å². The molecule has 1 heterocycles. The highest BCUT2D eigenvalue weighted by Gasteiger charge is 2.24. The van der Waals surface area contributed by atoms with Crippen molar-refractivity contribution in [3.63, 3.8) is 0 Å². The van der Waals surface area contributed by atoms with Gasteiger partial charge in [0.25, 0.3) is 5.56 Å².